The van der Waals surface area contributed by atoms with Crippen molar-refractivity contribution < 1.29 is 9.90 Å². The largest absolute Gasteiger partial charge is 0.480 e. The number of hydrogen-bond donors (Lipinski definition) is 3. The number of rotatable bonds is 19. The Balaban J connectivity index is 3.06. The maximum absolute atomic E-state index is 10.6. The Morgan fingerprint density at radius 1 is 0.640 bits per heavy atom. The predicted molar refractivity (Wildman–Crippen MR) is 107 cm³/mol. The third-order valence-electron chi connectivity index (χ3n) is 4.91. The van der Waals surface area contributed by atoms with E-state index in [1.54, 1.807) is 0 Å². The van der Waals surface area contributed by atoms with E-state index in [-0.39, 0.29) is 6.04 Å². The van der Waals surface area contributed by atoms with E-state index in [4.69, 9.17) is 16.6 Å². The van der Waals surface area contributed by atoms with Gasteiger partial charge in [0, 0.05) is 6.04 Å². The first kappa shape index (κ1) is 24.4. The van der Waals surface area contributed by atoms with Gasteiger partial charge in [-0.2, -0.15) is 0 Å². The van der Waals surface area contributed by atoms with Crippen LogP contribution in [0.3, 0.4) is 0 Å². The summed E-state index contributed by atoms with van der Waals surface area (Å²) in [5.41, 5.74) is 11.1. The van der Waals surface area contributed by atoms with Gasteiger partial charge in [-0.25, -0.2) is 0 Å². The number of hydrogen-bond acceptors (Lipinski definition) is 3. The molecule has 0 aromatic rings. The van der Waals surface area contributed by atoms with Gasteiger partial charge >= 0.3 is 5.97 Å². The van der Waals surface area contributed by atoms with Crippen molar-refractivity contribution in [2.45, 2.75) is 121 Å². The molecule has 0 heterocycles. The first-order chi connectivity index (χ1) is 12.0. The Hall–Kier alpha value is -0.610. The fraction of sp³-hybridized carbons (Fsp3) is 0.905. The van der Waals surface area contributed by atoms with E-state index in [9.17, 15) is 4.79 Å². The van der Waals surface area contributed by atoms with Crippen LogP contribution in [0.4, 0.5) is 0 Å². The highest BCUT2D eigenvalue weighted by Crippen LogP contribution is 2.14. The van der Waals surface area contributed by atoms with Crippen molar-refractivity contribution in [1.29, 1.82) is 0 Å². The second-order valence-corrected chi connectivity index (χ2v) is 7.59. The van der Waals surface area contributed by atoms with Gasteiger partial charge in [0.05, 0.1) is 0 Å². The SMILES string of the molecule is [CH2]C(N)CCCCCCCCCCCCCCCCCC(N)C(=O)O. The van der Waals surface area contributed by atoms with Gasteiger partial charge in [0.25, 0.3) is 0 Å². The van der Waals surface area contributed by atoms with E-state index in [0.29, 0.717) is 6.42 Å². The molecular formula is C21H43N2O2. The van der Waals surface area contributed by atoms with Gasteiger partial charge in [0.15, 0.2) is 0 Å². The normalized spacial score (nSPS) is 13.7. The minimum atomic E-state index is -0.876. The second kappa shape index (κ2) is 18.2. The lowest BCUT2D eigenvalue weighted by Gasteiger charge is -2.06. The number of carboxylic acid groups (broad SMARTS) is 1. The summed E-state index contributed by atoms with van der Waals surface area (Å²) in [5.74, 6) is -0.876. The van der Waals surface area contributed by atoms with E-state index in [0.717, 1.165) is 19.3 Å². The molecule has 0 aromatic heterocycles. The molecule has 0 bridgehead atoms. The third-order valence-corrected chi connectivity index (χ3v) is 4.91. The van der Waals surface area contributed by atoms with Crippen LogP contribution in [0.15, 0.2) is 0 Å². The molecule has 0 aliphatic rings. The smallest absolute Gasteiger partial charge is 0.320 e. The molecule has 149 valence electrons. The molecule has 5 N–H and O–H groups in total. The monoisotopic (exact) mass is 355 g/mol. The highest BCUT2D eigenvalue weighted by molar-refractivity contribution is 5.72. The lowest BCUT2D eigenvalue weighted by molar-refractivity contribution is -0.138. The summed E-state index contributed by atoms with van der Waals surface area (Å²) in [7, 11) is 0. The zero-order valence-corrected chi connectivity index (χ0v) is 16.4. The minimum Gasteiger partial charge on any atom is -0.480 e. The number of carboxylic acids is 1. The fourth-order valence-electron chi connectivity index (χ4n) is 3.19. The topological polar surface area (TPSA) is 89.3 Å². The third kappa shape index (κ3) is 19.6. The number of carbonyl (C=O) groups is 1. The Morgan fingerprint density at radius 3 is 1.20 bits per heavy atom. The molecule has 0 saturated heterocycles. The van der Waals surface area contributed by atoms with E-state index in [2.05, 4.69) is 6.92 Å². The van der Waals surface area contributed by atoms with Crippen LogP contribution in [0.25, 0.3) is 0 Å². The summed E-state index contributed by atoms with van der Waals surface area (Å²) in [6, 6.07) is -0.554. The lowest BCUT2D eigenvalue weighted by Crippen LogP contribution is -2.29. The summed E-state index contributed by atoms with van der Waals surface area (Å²) >= 11 is 0. The maximum Gasteiger partial charge on any atom is 0.320 e. The zero-order chi connectivity index (χ0) is 18.8. The van der Waals surface area contributed by atoms with Crippen LogP contribution < -0.4 is 11.5 Å². The van der Waals surface area contributed by atoms with Gasteiger partial charge < -0.3 is 16.6 Å². The molecule has 0 fully saturated rings. The Bertz CT molecular complexity index is 296. The Labute approximate surface area is 156 Å². The molecule has 2 unspecified atom stereocenters. The van der Waals surface area contributed by atoms with Crippen molar-refractivity contribution in [2.24, 2.45) is 11.5 Å². The summed E-state index contributed by atoms with van der Waals surface area (Å²) in [6.45, 7) is 3.81. The van der Waals surface area contributed by atoms with Gasteiger partial charge in [-0.1, -0.05) is 96.3 Å². The van der Waals surface area contributed by atoms with Crippen molar-refractivity contribution in [2.75, 3.05) is 0 Å². The zero-order valence-electron chi connectivity index (χ0n) is 16.4. The molecule has 0 aromatic carbocycles. The number of nitrogens with two attached hydrogens (primary N) is 2. The van der Waals surface area contributed by atoms with Crippen LogP contribution in [0.1, 0.15) is 109 Å². The first-order valence-electron chi connectivity index (χ1n) is 10.6. The molecule has 2 atom stereocenters. The van der Waals surface area contributed by atoms with Crippen LogP contribution in [-0.2, 0) is 4.79 Å². The molecule has 0 aliphatic heterocycles. The molecular weight excluding hydrogens is 312 g/mol. The van der Waals surface area contributed by atoms with Gasteiger partial charge in [-0.05, 0) is 19.8 Å². The van der Waals surface area contributed by atoms with Gasteiger partial charge in [0.2, 0.25) is 0 Å². The average Bonchev–Trinajstić information content (AvgIpc) is 2.57. The standard InChI is InChI=1S/C21H43N2O2/c1-19(22)17-15-13-11-9-7-5-3-2-4-6-8-10-12-14-16-18-20(23)21(24)25/h19-20H,1-18,22-23H2,(H,24,25). The first-order valence-corrected chi connectivity index (χ1v) is 10.6. The lowest BCUT2D eigenvalue weighted by atomic mass is 10.0. The highest BCUT2D eigenvalue weighted by Gasteiger charge is 2.09. The minimum absolute atomic E-state index is 0.121. The van der Waals surface area contributed by atoms with Gasteiger partial charge in [-0.15, -0.1) is 0 Å². The van der Waals surface area contributed by atoms with Crippen molar-refractivity contribution >= 4 is 5.97 Å². The Morgan fingerprint density at radius 2 is 0.920 bits per heavy atom. The molecule has 0 aliphatic carbocycles. The Kier molecular flexibility index (Phi) is 17.7. The van der Waals surface area contributed by atoms with Crippen molar-refractivity contribution in [3.63, 3.8) is 0 Å². The summed E-state index contributed by atoms with van der Waals surface area (Å²) in [6.07, 6.45) is 21.1. The van der Waals surface area contributed by atoms with Crippen molar-refractivity contribution in [1.82, 2.24) is 0 Å². The van der Waals surface area contributed by atoms with Crippen molar-refractivity contribution in [3.05, 3.63) is 6.92 Å². The number of aliphatic carboxylic acids is 1. The molecule has 4 heteroatoms. The molecule has 4 nitrogen and oxygen atoms in total. The van der Waals surface area contributed by atoms with Crippen LogP contribution in [0.2, 0.25) is 0 Å². The number of unbranched alkanes of at least 4 members (excludes halogenated alkanes) is 14. The maximum atomic E-state index is 10.6. The van der Waals surface area contributed by atoms with E-state index in [1.165, 1.54) is 83.5 Å². The van der Waals surface area contributed by atoms with Crippen LogP contribution in [0.5, 0.6) is 0 Å². The summed E-state index contributed by atoms with van der Waals surface area (Å²) in [4.78, 5) is 10.6. The molecule has 0 saturated carbocycles. The molecule has 1 radical (unpaired) electrons. The van der Waals surface area contributed by atoms with Crippen molar-refractivity contribution in [3.8, 4) is 0 Å². The highest BCUT2D eigenvalue weighted by atomic mass is 16.4. The van der Waals surface area contributed by atoms with Crippen LogP contribution >= 0.6 is 0 Å². The summed E-state index contributed by atoms with van der Waals surface area (Å²) < 4.78 is 0. The van der Waals surface area contributed by atoms with E-state index >= 15 is 0 Å². The van der Waals surface area contributed by atoms with E-state index in [1.807, 2.05) is 0 Å². The second-order valence-electron chi connectivity index (χ2n) is 7.59. The molecule has 0 spiro atoms. The van der Waals surface area contributed by atoms with Crippen LogP contribution in [-0.4, -0.2) is 23.2 Å². The van der Waals surface area contributed by atoms with Crippen LogP contribution in [0, 0.1) is 6.92 Å². The quantitative estimate of drug-likeness (QED) is 0.278. The fourth-order valence-corrected chi connectivity index (χ4v) is 3.19. The summed E-state index contributed by atoms with van der Waals surface area (Å²) in [5, 5.41) is 8.69. The van der Waals surface area contributed by atoms with E-state index < -0.39 is 12.0 Å². The average molecular weight is 356 g/mol. The van der Waals surface area contributed by atoms with Gasteiger partial charge in [-0.3, -0.25) is 4.79 Å². The predicted octanol–water partition coefficient (Wildman–Crippen LogP) is 5.19. The van der Waals surface area contributed by atoms with Gasteiger partial charge in [0.1, 0.15) is 6.04 Å². The molecule has 25 heavy (non-hydrogen) atoms. The molecule has 0 amide bonds. The molecule has 0 rings (SSSR count).